The number of hydrogen-bond acceptors (Lipinski definition) is 0. The van der Waals surface area contributed by atoms with Crippen LogP contribution in [0.4, 0.5) is 0 Å². The summed E-state index contributed by atoms with van der Waals surface area (Å²) in [7, 11) is 0. The van der Waals surface area contributed by atoms with Gasteiger partial charge in [-0.3, -0.25) is 0 Å². The van der Waals surface area contributed by atoms with E-state index in [1.165, 1.54) is 51.4 Å². The van der Waals surface area contributed by atoms with Gasteiger partial charge < -0.3 is 0 Å². The molecule has 0 bridgehead atoms. The molecule has 0 saturated carbocycles. The summed E-state index contributed by atoms with van der Waals surface area (Å²) in [6, 6.07) is 0. The first-order valence-electron chi connectivity index (χ1n) is 8.72. The monoisotopic (exact) mass is 450 g/mol. The summed E-state index contributed by atoms with van der Waals surface area (Å²) in [4.78, 5) is 0. The molecule has 0 nitrogen and oxygen atoms in total. The molecule has 0 radical (unpaired) electrons. The molecule has 2 aliphatic rings. The maximum absolute atomic E-state index is 2.54. The zero-order chi connectivity index (χ0) is 15.2. The molecule has 0 unspecified atom stereocenters. The summed E-state index contributed by atoms with van der Waals surface area (Å²) in [5.41, 5.74) is 6.87. The van der Waals surface area contributed by atoms with E-state index in [2.05, 4.69) is 39.8 Å². The average molecular weight is 449 g/mol. The second-order valence-electron chi connectivity index (χ2n) is 6.51. The van der Waals surface area contributed by atoms with Gasteiger partial charge in [0.25, 0.3) is 0 Å². The van der Waals surface area contributed by atoms with E-state index in [1.54, 1.807) is 22.3 Å². The third kappa shape index (κ3) is 4.41. The molecule has 0 atom stereocenters. The van der Waals surface area contributed by atoms with E-state index in [1.807, 2.05) is 6.66 Å². The van der Waals surface area contributed by atoms with Gasteiger partial charge in [-0.15, -0.1) is 0 Å². The first-order valence-corrected chi connectivity index (χ1v) is 12.3. The third-order valence-corrected chi connectivity index (χ3v) is 11.8. The van der Waals surface area contributed by atoms with Crippen LogP contribution in [0, 0.1) is 0 Å². The van der Waals surface area contributed by atoms with Crippen molar-refractivity contribution in [2.24, 2.45) is 0 Å². The van der Waals surface area contributed by atoms with Crippen molar-refractivity contribution in [2.75, 3.05) is 0 Å². The van der Waals surface area contributed by atoms with Gasteiger partial charge >= 0.3 is 143 Å². The van der Waals surface area contributed by atoms with Crippen molar-refractivity contribution in [3.63, 3.8) is 0 Å². The Bertz CT molecular complexity index is 454. The zero-order valence-electron chi connectivity index (χ0n) is 14.3. The molecule has 0 aromatic rings. The Hall–Kier alpha value is -0.170. The molecule has 0 fully saturated rings. The second-order valence-corrected chi connectivity index (χ2v) is 11.0. The van der Waals surface area contributed by atoms with Crippen molar-refractivity contribution in [3.8, 4) is 0 Å². The number of unbranched alkanes of at least 4 members (excludes halogenated alkanes) is 2. The van der Waals surface area contributed by atoms with E-state index >= 15 is 0 Å². The van der Waals surface area contributed by atoms with E-state index in [-0.39, 0.29) is 0 Å². The normalized spacial score (nSPS) is 18.5. The van der Waals surface area contributed by atoms with Crippen molar-refractivity contribution in [1.82, 2.24) is 0 Å². The number of allylic oxidation sites excluding steroid dienone is 8. The van der Waals surface area contributed by atoms with Crippen LogP contribution in [0.15, 0.2) is 41.1 Å². The summed E-state index contributed by atoms with van der Waals surface area (Å²) in [6.45, 7) is 9.39. The van der Waals surface area contributed by atoms with E-state index in [4.69, 9.17) is 0 Å². The van der Waals surface area contributed by atoms with Crippen LogP contribution < -0.4 is 0 Å². The molecular weight excluding hydrogens is 419 g/mol. The Morgan fingerprint density at radius 2 is 1.24 bits per heavy atom. The van der Waals surface area contributed by atoms with Gasteiger partial charge in [-0.2, -0.15) is 0 Å². The SMILES string of the molecule is CCCCC1=CCC(C)=[C]1[Hf][C]1=C(C)CC=C1CCCC. The van der Waals surface area contributed by atoms with Crippen molar-refractivity contribution in [1.29, 1.82) is 0 Å². The maximum atomic E-state index is 2.54. The minimum absolute atomic E-state index is 0.841. The van der Waals surface area contributed by atoms with Gasteiger partial charge in [-0.1, -0.05) is 0 Å². The van der Waals surface area contributed by atoms with Gasteiger partial charge in [0.1, 0.15) is 0 Å². The van der Waals surface area contributed by atoms with E-state index in [0.29, 0.717) is 0 Å². The second kappa shape index (κ2) is 8.46. The quantitative estimate of drug-likeness (QED) is 0.364. The van der Waals surface area contributed by atoms with Gasteiger partial charge in [0.2, 0.25) is 0 Å². The fourth-order valence-corrected chi connectivity index (χ4v) is 9.15. The number of hydrogen-bond donors (Lipinski definition) is 0. The molecule has 114 valence electrons. The predicted molar refractivity (Wildman–Crippen MR) is 89.9 cm³/mol. The Labute approximate surface area is 142 Å². The minimum atomic E-state index is -0.841. The molecular formula is C20H30Hf. The van der Waals surface area contributed by atoms with Gasteiger partial charge in [0.05, 0.1) is 0 Å². The molecule has 0 N–H and O–H groups in total. The Morgan fingerprint density at radius 3 is 1.62 bits per heavy atom. The van der Waals surface area contributed by atoms with Crippen LogP contribution in [0.5, 0.6) is 0 Å². The summed E-state index contributed by atoms with van der Waals surface area (Å²) < 4.78 is 3.73. The Kier molecular flexibility index (Phi) is 6.92. The Balaban J connectivity index is 2.09. The van der Waals surface area contributed by atoms with Crippen LogP contribution in [0.25, 0.3) is 0 Å². The van der Waals surface area contributed by atoms with E-state index in [9.17, 15) is 0 Å². The molecule has 0 aromatic heterocycles. The molecule has 2 aliphatic carbocycles. The van der Waals surface area contributed by atoms with Crippen LogP contribution in [0.1, 0.15) is 79.1 Å². The fourth-order valence-electron chi connectivity index (χ4n) is 3.20. The predicted octanol–water partition coefficient (Wildman–Crippen LogP) is 6.66. The molecule has 0 spiro atoms. The summed E-state index contributed by atoms with van der Waals surface area (Å²) in [6.07, 6.45) is 15.6. The van der Waals surface area contributed by atoms with Gasteiger partial charge in [0.15, 0.2) is 0 Å². The first-order chi connectivity index (χ1) is 10.2. The topological polar surface area (TPSA) is 0 Å². The molecule has 0 heterocycles. The van der Waals surface area contributed by atoms with Crippen molar-refractivity contribution < 1.29 is 22.9 Å². The van der Waals surface area contributed by atoms with Gasteiger partial charge in [0, 0.05) is 0 Å². The van der Waals surface area contributed by atoms with Crippen molar-refractivity contribution >= 4 is 0 Å². The zero-order valence-corrected chi connectivity index (χ0v) is 17.9. The van der Waals surface area contributed by atoms with Crippen LogP contribution in [0.3, 0.4) is 0 Å². The van der Waals surface area contributed by atoms with Crippen LogP contribution in [0.2, 0.25) is 0 Å². The van der Waals surface area contributed by atoms with Crippen LogP contribution >= 0.6 is 0 Å². The Morgan fingerprint density at radius 1 is 0.810 bits per heavy atom. The molecule has 0 aromatic carbocycles. The van der Waals surface area contributed by atoms with Gasteiger partial charge in [-0.05, 0) is 0 Å². The molecule has 0 saturated heterocycles. The molecule has 0 aliphatic heterocycles. The molecule has 0 amide bonds. The third-order valence-electron chi connectivity index (χ3n) is 4.65. The van der Waals surface area contributed by atoms with Crippen LogP contribution in [-0.2, 0) is 22.9 Å². The number of rotatable bonds is 8. The van der Waals surface area contributed by atoms with E-state index < -0.39 is 22.9 Å². The van der Waals surface area contributed by atoms with E-state index in [0.717, 1.165) is 0 Å². The standard InChI is InChI=1S/2C10H15.Hf/c2*1-3-4-5-10-7-6-9(2)8-10;/h2*7H,3-6H2,1-2H3;. The molecule has 1 heteroatoms. The molecule has 21 heavy (non-hydrogen) atoms. The van der Waals surface area contributed by atoms with Crippen molar-refractivity contribution in [2.45, 2.75) is 79.1 Å². The van der Waals surface area contributed by atoms with Crippen molar-refractivity contribution in [3.05, 3.63) is 41.1 Å². The first kappa shape index (κ1) is 17.2. The fraction of sp³-hybridized carbons (Fsp3) is 0.600. The summed E-state index contributed by atoms with van der Waals surface area (Å²) in [5.74, 6) is 0. The summed E-state index contributed by atoms with van der Waals surface area (Å²) >= 11 is -0.841. The average Bonchev–Trinajstić information content (AvgIpc) is 3.00. The molecule has 2 rings (SSSR count). The van der Waals surface area contributed by atoms with Crippen LogP contribution in [-0.4, -0.2) is 0 Å². The summed E-state index contributed by atoms with van der Waals surface area (Å²) in [5, 5.41) is 0. The van der Waals surface area contributed by atoms with Gasteiger partial charge in [-0.25, -0.2) is 0 Å².